The zero-order valence-electron chi connectivity index (χ0n) is 40.9. The molecule has 0 radical (unpaired) electrons. The van der Waals surface area contributed by atoms with Gasteiger partial charge in [-0.3, -0.25) is 0 Å². The second-order valence-corrected chi connectivity index (χ2v) is 18.1. The minimum atomic E-state index is -2.09. The lowest BCUT2D eigenvalue weighted by Crippen LogP contribution is -3.00. The summed E-state index contributed by atoms with van der Waals surface area (Å²) in [5.41, 5.74) is -0.0775. The molecule has 432 valence electrons. The molecule has 4 aromatic carbocycles. The number of phenols is 7. The Kier molecular flexibility index (Phi) is 19.0. The van der Waals surface area contributed by atoms with E-state index in [0.29, 0.717) is 5.56 Å². The van der Waals surface area contributed by atoms with E-state index in [1.165, 1.54) is 36.4 Å². The fourth-order valence-electron chi connectivity index (χ4n) is 8.26. The third kappa shape index (κ3) is 13.2. The summed E-state index contributed by atoms with van der Waals surface area (Å²) in [5.74, 6) is -8.52. The van der Waals surface area contributed by atoms with Crippen molar-refractivity contribution in [1.82, 2.24) is 0 Å². The first kappa shape index (κ1) is 60.1. The molecule has 5 aromatic rings. The molecule has 3 aliphatic rings. The quantitative estimate of drug-likeness (QED) is 0.0191. The van der Waals surface area contributed by atoms with Gasteiger partial charge in [0.05, 0.1) is 18.2 Å². The van der Waals surface area contributed by atoms with Gasteiger partial charge in [0.2, 0.25) is 30.4 Å². The summed E-state index contributed by atoms with van der Waals surface area (Å²) in [6.45, 7) is -2.40. The van der Waals surface area contributed by atoms with Crippen molar-refractivity contribution < 1.29 is 151 Å². The Bertz CT molecular complexity index is 3080. The van der Waals surface area contributed by atoms with Gasteiger partial charge in [0.15, 0.2) is 34.5 Å². The molecule has 0 aliphatic carbocycles. The predicted molar refractivity (Wildman–Crippen MR) is 260 cm³/mol. The Morgan fingerprint density at radius 3 is 1.41 bits per heavy atom. The highest BCUT2D eigenvalue weighted by Crippen LogP contribution is 2.47. The van der Waals surface area contributed by atoms with Crippen molar-refractivity contribution >= 4 is 35.1 Å². The number of hydrogen-bond acceptors (Lipinski definition) is 27. The van der Waals surface area contributed by atoms with Crippen molar-refractivity contribution in [2.24, 2.45) is 0 Å². The zero-order chi connectivity index (χ0) is 57.1. The molecular weight excluding hydrogens is 1100 g/mol. The van der Waals surface area contributed by atoms with Gasteiger partial charge in [-0.25, -0.2) is 14.0 Å². The molecule has 0 bridgehead atoms. The molecule has 3 aliphatic heterocycles. The number of aliphatic hydroxyl groups excluding tert-OH is 10. The van der Waals surface area contributed by atoms with Gasteiger partial charge < -0.3 is 137 Å². The molecule has 0 amide bonds. The number of ether oxygens (including phenoxy) is 8. The number of fused-ring (bicyclic) bond motifs is 1. The number of benzene rings is 4. The number of aromatic hydroxyl groups is 7. The highest BCUT2D eigenvalue weighted by Gasteiger charge is 2.49. The molecule has 0 spiro atoms. The van der Waals surface area contributed by atoms with Crippen molar-refractivity contribution in [2.45, 2.75) is 92.1 Å². The Balaban J connectivity index is 0.00000924. The van der Waals surface area contributed by atoms with E-state index >= 15 is 0 Å². The topological polar surface area (TPSA) is 463 Å². The predicted octanol–water partition coefficient (Wildman–Crippen LogP) is -4.61. The number of hydrogen-bond donors (Lipinski definition) is 17. The summed E-state index contributed by atoms with van der Waals surface area (Å²) >= 11 is 0. The fourth-order valence-corrected chi connectivity index (χ4v) is 8.26. The molecule has 3 fully saturated rings. The van der Waals surface area contributed by atoms with Gasteiger partial charge in [0.25, 0.3) is 0 Å². The smallest absolute Gasteiger partial charge is 0.402 e. The van der Waals surface area contributed by atoms with Crippen LogP contribution in [0.15, 0.2) is 83.3 Å². The Morgan fingerprint density at radius 2 is 0.938 bits per heavy atom. The molecule has 80 heavy (non-hydrogen) atoms. The maximum absolute atomic E-state index is 12.6. The van der Waals surface area contributed by atoms with E-state index in [4.69, 9.17) is 42.3 Å². The summed E-state index contributed by atoms with van der Waals surface area (Å²) in [6.07, 6.45) is -24.2. The van der Waals surface area contributed by atoms with Crippen LogP contribution in [0.1, 0.15) is 11.1 Å². The number of halogens is 1. The molecular formula is C51H53ClO28. The van der Waals surface area contributed by atoms with Gasteiger partial charge in [0.1, 0.15) is 103 Å². The van der Waals surface area contributed by atoms with Gasteiger partial charge in [-0.15, -0.1) is 0 Å². The van der Waals surface area contributed by atoms with E-state index in [9.17, 15) is 96.4 Å². The number of phenolic OH excluding ortho intramolecular Hbond substituents is 7. The first-order valence-electron chi connectivity index (χ1n) is 23.6. The number of carbonyl (C=O) groups excluding carboxylic acids is 2. The Hall–Kier alpha value is -7.52. The first-order chi connectivity index (χ1) is 37.5. The molecule has 1 aromatic heterocycles. The zero-order valence-corrected chi connectivity index (χ0v) is 41.7. The Morgan fingerprint density at radius 1 is 0.487 bits per heavy atom. The Labute approximate surface area is 455 Å². The standard InChI is InChI=1S/C51H52O28.ClH/c52-16-33-39(62)42(65)45(68)51(77-33)76-32-15-23-29(13-22(53)14-30(23)74-49-46(69)43(66)40(63)34(78-49)17-71-36(59)7-3-19-1-5-24(54)26(56)9-19)73-48(32)21-11-28(58)38(61)31(12-21)75-50-47(70)44(67)41(64)35(79-50)18-72-37(60)8-4-20-2-6-25(55)27(57)10-20;/h1-15,33-35,39-47,49-52,62-70H,16-18H2,(H6-,53,54,55,56,57,58,59,60,61);1H/t33-,34-,35-,39-,40-,41-,42+,43+,44+,45-,46-,47-,49-,50-,51-;/m1./s1. The summed E-state index contributed by atoms with van der Waals surface area (Å²) in [6, 6.07) is 12.3. The van der Waals surface area contributed by atoms with Crippen LogP contribution < -0.4 is 26.6 Å². The van der Waals surface area contributed by atoms with Crippen LogP contribution >= 0.6 is 0 Å². The number of carbonyl (C=O) groups is 2. The number of rotatable bonds is 16. The van der Waals surface area contributed by atoms with Crippen LogP contribution in [0.25, 0.3) is 34.4 Å². The molecule has 3 saturated heterocycles. The third-order valence-electron chi connectivity index (χ3n) is 12.6. The second-order valence-electron chi connectivity index (χ2n) is 18.1. The molecule has 29 heteroatoms. The monoisotopic (exact) mass is 1150 g/mol. The molecule has 0 saturated carbocycles. The van der Waals surface area contributed by atoms with Crippen LogP contribution in [0.2, 0.25) is 0 Å². The third-order valence-corrected chi connectivity index (χ3v) is 12.6. The van der Waals surface area contributed by atoms with Gasteiger partial charge in [-0.1, -0.05) is 12.1 Å². The van der Waals surface area contributed by atoms with Crippen LogP contribution in [0.5, 0.6) is 57.5 Å². The SMILES string of the molecule is O=C(/C=C/c1ccc(O)c(O)c1)OC[C@H]1O[C@@H](Oc2cc(-c3[o+]c4cc(O)cc(O[C@@H]5O[C@H](COC(=O)/C=C/c6ccc(O)c(O)c6)[C@@H](O)[C@H](O)[C@H]5O)c4cc3O[C@@H]3O[C@H](CO)[C@@H](O)[C@H](O)[C@H]3O)cc(O)c2O)[C@H](O)[C@@H](O)[C@@H]1O.[Cl-]. The molecule has 8 rings (SSSR count). The summed E-state index contributed by atoms with van der Waals surface area (Å²) in [7, 11) is 0. The lowest BCUT2D eigenvalue weighted by atomic mass is 9.99. The van der Waals surface area contributed by atoms with Gasteiger partial charge >= 0.3 is 23.3 Å². The lowest BCUT2D eigenvalue weighted by molar-refractivity contribution is -0.278. The fraction of sp³-hybridized carbons (Fsp3) is 0.353. The van der Waals surface area contributed by atoms with Crippen LogP contribution in [0.4, 0.5) is 0 Å². The van der Waals surface area contributed by atoms with Gasteiger partial charge in [0, 0.05) is 36.4 Å². The summed E-state index contributed by atoms with van der Waals surface area (Å²) in [5, 5.41) is 179. The van der Waals surface area contributed by atoms with E-state index in [0.717, 1.165) is 54.6 Å². The molecule has 17 N–H and O–H groups in total. The van der Waals surface area contributed by atoms with Crippen molar-refractivity contribution in [3.05, 3.63) is 90.0 Å². The number of aliphatic hydroxyl groups is 10. The molecule has 4 heterocycles. The normalized spacial score (nSPS) is 28.8. The van der Waals surface area contributed by atoms with Crippen molar-refractivity contribution in [3.8, 4) is 68.8 Å². The van der Waals surface area contributed by atoms with E-state index in [2.05, 4.69) is 0 Å². The molecule has 28 nitrogen and oxygen atoms in total. The van der Waals surface area contributed by atoms with Crippen molar-refractivity contribution in [1.29, 1.82) is 0 Å². The van der Waals surface area contributed by atoms with E-state index in [-0.39, 0.29) is 34.5 Å². The minimum absolute atomic E-state index is 0. The lowest BCUT2D eigenvalue weighted by Gasteiger charge is -2.40. The van der Waals surface area contributed by atoms with Crippen LogP contribution in [0.3, 0.4) is 0 Å². The first-order valence-corrected chi connectivity index (χ1v) is 23.6. The van der Waals surface area contributed by atoms with Crippen molar-refractivity contribution in [2.75, 3.05) is 19.8 Å². The average Bonchev–Trinajstić information content (AvgIpc) is 3.42. The molecule has 15 atom stereocenters. The van der Waals surface area contributed by atoms with Crippen LogP contribution in [-0.4, -0.2) is 211 Å². The molecule has 0 unspecified atom stereocenters. The van der Waals surface area contributed by atoms with Crippen LogP contribution in [-0.2, 0) is 33.3 Å². The highest BCUT2D eigenvalue weighted by molar-refractivity contribution is 5.90. The second kappa shape index (κ2) is 25.3. The van der Waals surface area contributed by atoms with E-state index < -0.39 is 187 Å². The average molecular weight is 1150 g/mol. The maximum atomic E-state index is 12.6. The highest BCUT2D eigenvalue weighted by atomic mass is 35.5. The van der Waals surface area contributed by atoms with Gasteiger partial charge in [-0.2, -0.15) is 0 Å². The number of esters is 2. The minimum Gasteiger partial charge on any atom is -1.00 e. The van der Waals surface area contributed by atoms with Crippen LogP contribution in [0, 0.1) is 0 Å². The van der Waals surface area contributed by atoms with Gasteiger partial charge in [-0.05, 0) is 47.5 Å². The maximum Gasteiger partial charge on any atom is 0.402 e. The van der Waals surface area contributed by atoms with E-state index in [1.807, 2.05) is 0 Å². The largest absolute Gasteiger partial charge is 1.00 e. The summed E-state index contributed by atoms with van der Waals surface area (Å²) < 4.78 is 51.1. The van der Waals surface area contributed by atoms with Crippen molar-refractivity contribution in [3.63, 3.8) is 0 Å². The summed E-state index contributed by atoms with van der Waals surface area (Å²) in [4.78, 5) is 25.2. The van der Waals surface area contributed by atoms with E-state index in [1.54, 1.807) is 0 Å².